The summed E-state index contributed by atoms with van der Waals surface area (Å²) < 4.78 is 7.37. The van der Waals surface area contributed by atoms with Gasteiger partial charge in [0.1, 0.15) is 5.75 Å². The number of methoxy groups -OCH3 is 1. The molecule has 0 fully saturated rings. The zero-order chi connectivity index (χ0) is 17.8. The Balaban J connectivity index is 1.83. The number of aromatic nitrogens is 3. The molecule has 1 amide bonds. The van der Waals surface area contributed by atoms with Gasteiger partial charge in [-0.15, -0.1) is 5.10 Å². The molecule has 0 aliphatic heterocycles. The molecule has 0 aliphatic carbocycles. The van der Waals surface area contributed by atoms with Crippen LogP contribution in [0.25, 0.3) is 0 Å². The summed E-state index contributed by atoms with van der Waals surface area (Å²) in [4.78, 5) is 17.7. The van der Waals surface area contributed by atoms with Gasteiger partial charge >= 0.3 is 0 Å². The van der Waals surface area contributed by atoms with Crippen molar-refractivity contribution >= 4 is 39.3 Å². The number of nitrogens with zero attached hydrogens (tertiary/aromatic N) is 3. The van der Waals surface area contributed by atoms with Crippen LogP contribution in [0.5, 0.6) is 5.75 Å². The standard InChI is InChI=1S/C17H15BrN4O2S/c1-22-17(20-16(18)21-22)25-14-9-4-3-8-13(14)19-15(23)11-6-5-7-12(10-11)24-2/h3-10H,1-2H3,(H,19,23). The molecule has 3 rings (SSSR count). The molecule has 3 aromatic rings. The quantitative estimate of drug-likeness (QED) is 0.678. The Morgan fingerprint density at radius 1 is 1.24 bits per heavy atom. The van der Waals surface area contributed by atoms with Crippen LogP contribution in [0.1, 0.15) is 10.4 Å². The summed E-state index contributed by atoms with van der Waals surface area (Å²) in [5.74, 6) is 0.436. The lowest BCUT2D eigenvalue weighted by molar-refractivity contribution is 0.102. The highest BCUT2D eigenvalue weighted by molar-refractivity contribution is 9.10. The molecule has 1 aromatic heterocycles. The van der Waals surface area contributed by atoms with Gasteiger partial charge in [-0.3, -0.25) is 4.79 Å². The predicted molar refractivity (Wildman–Crippen MR) is 100 cm³/mol. The number of aryl methyl sites for hydroxylation is 1. The largest absolute Gasteiger partial charge is 0.497 e. The van der Waals surface area contributed by atoms with Crippen LogP contribution in [0.4, 0.5) is 5.69 Å². The van der Waals surface area contributed by atoms with Gasteiger partial charge in [0.05, 0.1) is 12.8 Å². The van der Waals surface area contributed by atoms with Gasteiger partial charge in [-0.05, 0) is 58.0 Å². The maximum atomic E-state index is 12.5. The van der Waals surface area contributed by atoms with Gasteiger partial charge in [0.25, 0.3) is 5.91 Å². The second kappa shape index (κ2) is 7.71. The number of rotatable bonds is 5. The molecule has 1 heterocycles. The van der Waals surface area contributed by atoms with Gasteiger partial charge < -0.3 is 10.1 Å². The number of amides is 1. The summed E-state index contributed by atoms with van der Waals surface area (Å²) in [6.07, 6.45) is 0. The van der Waals surface area contributed by atoms with Gasteiger partial charge in [-0.2, -0.15) is 4.98 Å². The normalized spacial score (nSPS) is 10.5. The van der Waals surface area contributed by atoms with Crippen molar-refractivity contribution in [1.29, 1.82) is 0 Å². The van der Waals surface area contributed by atoms with E-state index in [1.165, 1.54) is 11.8 Å². The Labute approximate surface area is 157 Å². The highest BCUT2D eigenvalue weighted by Gasteiger charge is 2.13. The monoisotopic (exact) mass is 418 g/mol. The molecular formula is C17H15BrN4O2S. The van der Waals surface area contributed by atoms with E-state index in [2.05, 4.69) is 31.3 Å². The van der Waals surface area contributed by atoms with E-state index in [-0.39, 0.29) is 5.91 Å². The molecular weight excluding hydrogens is 404 g/mol. The number of hydrogen-bond acceptors (Lipinski definition) is 5. The Bertz CT molecular complexity index is 913. The molecule has 8 heteroatoms. The second-order valence-electron chi connectivity index (χ2n) is 5.07. The molecule has 0 atom stereocenters. The second-order valence-corrected chi connectivity index (χ2v) is 6.79. The number of hydrogen-bond donors (Lipinski definition) is 1. The van der Waals surface area contributed by atoms with E-state index in [0.717, 1.165) is 10.1 Å². The predicted octanol–water partition coefficient (Wildman–Crippen LogP) is 3.99. The molecule has 0 saturated heterocycles. The third-order valence-electron chi connectivity index (χ3n) is 3.37. The first kappa shape index (κ1) is 17.5. The number of ether oxygens (including phenoxy) is 1. The highest BCUT2D eigenvalue weighted by atomic mass is 79.9. The lowest BCUT2D eigenvalue weighted by Crippen LogP contribution is -2.12. The SMILES string of the molecule is COc1cccc(C(=O)Nc2ccccc2Sc2nc(Br)nn2C)c1. The van der Waals surface area contributed by atoms with E-state index < -0.39 is 0 Å². The molecule has 6 nitrogen and oxygen atoms in total. The number of anilines is 1. The van der Waals surface area contributed by atoms with E-state index in [4.69, 9.17) is 4.74 Å². The molecule has 0 bridgehead atoms. The van der Waals surface area contributed by atoms with Crippen LogP contribution in [0.15, 0.2) is 63.3 Å². The number of carbonyl (C=O) groups is 1. The highest BCUT2D eigenvalue weighted by Crippen LogP contribution is 2.33. The molecule has 0 saturated carbocycles. The lowest BCUT2D eigenvalue weighted by atomic mass is 10.2. The molecule has 25 heavy (non-hydrogen) atoms. The van der Waals surface area contributed by atoms with Crippen molar-refractivity contribution in [2.75, 3.05) is 12.4 Å². The van der Waals surface area contributed by atoms with Crippen molar-refractivity contribution in [2.24, 2.45) is 7.05 Å². The number of nitrogens with one attached hydrogen (secondary N) is 1. The molecule has 0 aliphatic rings. The van der Waals surface area contributed by atoms with Gasteiger partial charge in [-0.1, -0.05) is 18.2 Å². The summed E-state index contributed by atoms with van der Waals surface area (Å²) in [7, 11) is 3.39. The van der Waals surface area contributed by atoms with Crippen molar-refractivity contribution in [3.63, 3.8) is 0 Å². The maximum absolute atomic E-state index is 12.5. The third-order valence-corrected chi connectivity index (χ3v) is 4.82. The Kier molecular flexibility index (Phi) is 5.40. The van der Waals surface area contributed by atoms with E-state index in [0.29, 0.717) is 21.7 Å². The molecule has 0 spiro atoms. The first-order chi connectivity index (χ1) is 12.1. The number of benzene rings is 2. The fourth-order valence-corrected chi connectivity index (χ4v) is 3.55. The number of carbonyl (C=O) groups excluding carboxylic acids is 1. The first-order valence-electron chi connectivity index (χ1n) is 7.35. The van der Waals surface area contributed by atoms with Crippen LogP contribution in [0.2, 0.25) is 0 Å². The van der Waals surface area contributed by atoms with E-state index in [9.17, 15) is 4.79 Å². The van der Waals surface area contributed by atoms with E-state index >= 15 is 0 Å². The fourth-order valence-electron chi connectivity index (χ4n) is 2.15. The van der Waals surface area contributed by atoms with Crippen molar-refractivity contribution in [3.8, 4) is 5.75 Å². The number of para-hydroxylation sites is 1. The smallest absolute Gasteiger partial charge is 0.255 e. The van der Waals surface area contributed by atoms with Crippen molar-refractivity contribution in [1.82, 2.24) is 14.8 Å². The van der Waals surface area contributed by atoms with Crippen LogP contribution >= 0.6 is 27.7 Å². The Hall–Kier alpha value is -2.32. The Morgan fingerprint density at radius 3 is 2.76 bits per heavy atom. The first-order valence-corrected chi connectivity index (χ1v) is 8.96. The van der Waals surface area contributed by atoms with Crippen LogP contribution in [-0.2, 0) is 7.05 Å². The average molecular weight is 419 g/mol. The molecule has 0 unspecified atom stereocenters. The Morgan fingerprint density at radius 2 is 2.04 bits per heavy atom. The van der Waals surface area contributed by atoms with Crippen LogP contribution in [0.3, 0.4) is 0 Å². The van der Waals surface area contributed by atoms with Crippen molar-refractivity contribution in [2.45, 2.75) is 10.1 Å². The zero-order valence-corrected chi connectivity index (χ0v) is 16.0. The minimum absolute atomic E-state index is 0.203. The molecule has 1 N–H and O–H groups in total. The molecule has 0 radical (unpaired) electrons. The fraction of sp³-hybridized carbons (Fsp3) is 0.118. The lowest BCUT2D eigenvalue weighted by Gasteiger charge is -2.11. The molecule has 128 valence electrons. The minimum atomic E-state index is -0.203. The van der Waals surface area contributed by atoms with Crippen molar-refractivity contribution < 1.29 is 9.53 Å². The summed E-state index contributed by atoms with van der Waals surface area (Å²) in [5.41, 5.74) is 1.24. The van der Waals surface area contributed by atoms with Crippen LogP contribution < -0.4 is 10.1 Å². The third kappa shape index (κ3) is 4.21. The summed E-state index contributed by atoms with van der Waals surface area (Å²) in [5, 5.41) is 7.82. The van der Waals surface area contributed by atoms with E-state index in [1.807, 2.05) is 31.3 Å². The minimum Gasteiger partial charge on any atom is -0.497 e. The van der Waals surface area contributed by atoms with Gasteiger partial charge in [-0.25, -0.2) is 4.68 Å². The van der Waals surface area contributed by atoms with Crippen molar-refractivity contribution in [3.05, 3.63) is 58.8 Å². The van der Waals surface area contributed by atoms with E-state index in [1.54, 1.807) is 36.1 Å². The zero-order valence-electron chi connectivity index (χ0n) is 13.6. The maximum Gasteiger partial charge on any atom is 0.255 e. The average Bonchev–Trinajstić information content (AvgIpc) is 2.93. The summed E-state index contributed by atoms with van der Waals surface area (Å²) in [6, 6.07) is 14.6. The van der Waals surface area contributed by atoms with Crippen LogP contribution in [-0.4, -0.2) is 27.8 Å². The van der Waals surface area contributed by atoms with Crippen LogP contribution in [0, 0.1) is 0 Å². The van der Waals surface area contributed by atoms with Gasteiger partial charge in [0.15, 0.2) is 5.16 Å². The summed E-state index contributed by atoms with van der Waals surface area (Å²) >= 11 is 4.69. The number of halogens is 1. The summed E-state index contributed by atoms with van der Waals surface area (Å²) in [6.45, 7) is 0. The topological polar surface area (TPSA) is 69.0 Å². The van der Waals surface area contributed by atoms with Gasteiger partial charge in [0, 0.05) is 17.5 Å². The molecule has 2 aromatic carbocycles. The van der Waals surface area contributed by atoms with Gasteiger partial charge in [0.2, 0.25) is 4.73 Å².